The first-order chi connectivity index (χ1) is 7.79. The van der Waals surface area contributed by atoms with Gasteiger partial charge in [-0.15, -0.1) is 0 Å². The molecule has 2 heteroatoms. The number of carbonyl (C=O) groups excluding carboxylic acids is 1. The van der Waals surface area contributed by atoms with E-state index in [0.29, 0.717) is 5.91 Å². The van der Waals surface area contributed by atoms with E-state index < -0.39 is 0 Å². The van der Waals surface area contributed by atoms with Gasteiger partial charge in [0.15, 0.2) is 0 Å². The van der Waals surface area contributed by atoms with E-state index in [1.165, 1.54) is 5.56 Å². The van der Waals surface area contributed by atoms with Crippen molar-refractivity contribution < 1.29 is 4.79 Å². The maximum absolute atomic E-state index is 11.4. The SMILES string of the molecule is C=Cc1ccc(CCN2CCCC2=O)cc1. The molecule has 0 spiro atoms. The molecular formula is C14H17NO. The minimum absolute atomic E-state index is 0.308. The van der Waals surface area contributed by atoms with Crippen molar-refractivity contribution in [1.29, 1.82) is 0 Å². The maximum Gasteiger partial charge on any atom is 0.222 e. The number of nitrogens with zero attached hydrogens (tertiary/aromatic N) is 1. The normalized spacial score (nSPS) is 15.5. The van der Waals surface area contributed by atoms with Crippen LogP contribution in [0, 0.1) is 0 Å². The highest BCUT2D eigenvalue weighted by molar-refractivity contribution is 5.78. The number of benzene rings is 1. The Morgan fingerprint density at radius 2 is 2.06 bits per heavy atom. The molecule has 1 aliphatic rings. The molecule has 0 aliphatic carbocycles. The fourth-order valence-corrected chi connectivity index (χ4v) is 2.02. The van der Waals surface area contributed by atoms with E-state index in [-0.39, 0.29) is 0 Å². The Hall–Kier alpha value is -1.57. The van der Waals surface area contributed by atoms with Gasteiger partial charge in [-0.3, -0.25) is 4.79 Å². The smallest absolute Gasteiger partial charge is 0.222 e. The second kappa shape index (κ2) is 4.97. The van der Waals surface area contributed by atoms with Gasteiger partial charge in [-0.1, -0.05) is 36.9 Å². The summed E-state index contributed by atoms with van der Waals surface area (Å²) in [6, 6.07) is 8.34. The predicted molar refractivity (Wildman–Crippen MR) is 66.1 cm³/mol. The predicted octanol–water partition coefficient (Wildman–Crippen LogP) is 2.49. The van der Waals surface area contributed by atoms with Gasteiger partial charge < -0.3 is 4.90 Å². The lowest BCUT2D eigenvalue weighted by Gasteiger charge is -2.15. The lowest BCUT2D eigenvalue weighted by Crippen LogP contribution is -2.26. The number of hydrogen-bond donors (Lipinski definition) is 0. The van der Waals surface area contributed by atoms with Gasteiger partial charge in [0.25, 0.3) is 0 Å². The quantitative estimate of drug-likeness (QED) is 0.755. The summed E-state index contributed by atoms with van der Waals surface area (Å²) in [5.74, 6) is 0.308. The molecule has 0 unspecified atom stereocenters. The van der Waals surface area contributed by atoms with Crippen molar-refractivity contribution in [2.45, 2.75) is 19.3 Å². The van der Waals surface area contributed by atoms with Crippen LogP contribution in [0.2, 0.25) is 0 Å². The van der Waals surface area contributed by atoms with Crippen LogP contribution in [0.4, 0.5) is 0 Å². The number of likely N-dealkylation sites (tertiary alicyclic amines) is 1. The first-order valence-corrected chi connectivity index (χ1v) is 5.79. The van der Waals surface area contributed by atoms with Gasteiger partial charge in [0.2, 0.25) is 5.91 Å². The number of rotatable bonds is 4. The second-order valence-electron chi connectivity index (χ2n) is 4.18. The average Bonchev–Trinajstić information content (AvgIpc) is 2.73. The zero-order valence-electron chi connectivity index (χ0n) is 9.48. The van der Waals surface area contributed by atoms with Gasteiger partial charge in [0, 0.05) is 19.5 Å². The molecule has 0 N–H and O–H groups in total. The van der Waals surface area contributed by atoms with E-state index in [1.54, 1.807) is 0 Å². The number of carbonyl (C=O) groups is 1. The summed E-state index contributed by atoms with van der Waals surface area (Å²) in [5, 5.41) is 0. The molecule has 1 aromatic rings. The van der Waals surface area contributed by atoms with E-state index in [2.05, 4.69) is 30.8 Å². The summed E-state index contributed by atoms with van der Waals surface area (Å²) in [7, 11) is 0. The minimum atomic E-state index is 0.308. The Labute approximate surface area is 96.6 Å². The molecule has 0 aromatic heterocycles. The number of hydrogen-bond acceptors (Lipinski definition) is 1. The molecule has 1 amide bonds. The molecule has 2 rings (SSSR count). The molecular weight excluding hydrogens is 198 g/mol. The third-order valence-electron chi connectivity index (χ3n) is 3.06. The van der Waals surface area contributed by atoms with Gasteiger partial charge in [0.05, 0.1) is 0 Å². The Kier molecular flexibility index (Phi) is 3.40. The zero-order valence-corrected chi connectivity index (χ0v) is 9.48. The van der Waals surface area contributed by atoms with Crippen molar-refractivity contribution in [2.75, 3.05) is 13.1 Å². The van der Waals surface area contributed by atoms with Crippen molar-refractivity contribution >= 4 is 12.0 Å². The van der Waals surface area contributed by atoms with Crippen LogP contribution in [-0.2, 0) is 11.2 Å². The zero-order chi connectivity index (χ0) is 11.4. The lowest BCUT2D eigenvalue weighted by atomic mass is 10.1. The van der Waals surface area contributed by atoms with Crippen LogP contribution in [0.15, 0.2) is 30.8 Å². The first-order valence-electron chi connectivity index (χ1n) is 5.79. The third kappa shape index (κ3) is 2.51. The minimum Gasteiger partial charge on any atom is -0.342 e. The van der Waals surface area contributed by atoms with Crippen molar-refractivity contribution in [3.8, 4) is 0 Å². The summed E-state index contributed by atoms with van der Waals surface area (Å²) in [6.45, 7) is 5.51. The molecule has 0 radical (unpaired) electrons. The van der Waals surface area contributed by atoms with Crippen LogP contribution in [0.5, 0.6) is 0 Å². The average molecular weight is 215 g/mol. The van der Waals surface area contributed by atoms with E-state index in [9.17, 15) is 4.79 Å². The first kappa shape index (κ1) is 10.9. The van der Waals surface area contributed by atoms with Crippen LogP contribution < -0.4 is 0 Å². The van der Waals surface area contributed by atoms with Gasteiger partial charge in [-0.2, -0.15) is 0 Å². The summed E-state index contributed by atoms with van der Waals surface area (Å²) in [6.07, 6.45) is 4.54. The molecule has 1 heterocycles. The lowest BCUT2D eigenvalue weighted by molar-refractivity contribution is -0.127. The maximum atomic E-state index is 11.4. The third-order valence-corrected chi connectivity index (χ3v) is 3.06. The van der Waals surface area contributed by atoms with Crippen molar-refractivity contribution in [2.24, 2.45) is 0 Å². The highest BCUT2D eigenvalue weighted by Crippen LogP contribution is 2.12. The van der Waals surface area contributed by atoms with Crippen LogP contribution >= 0.6 is 0 Å². The fourth-order valence-electron chi connectivity index (χ4n) is 2.02. The standard InChI is InChI=1S/C14H17NO/c1-2-12-5-7-13(8-6-12)9-11-15-10-3-4-14(15)16/h2,5-8H,1,3-4,9-11H2. The Balaban J connectivity index is 1.89. The summed E-state index contributed by atoms with van der Waals surface area (Å²) in [4.78, 5) is 13.4. The van der Waals surface area contributed by atoms with E-state index >= 15 is 0 Å². The summed E-state index contributed by atoms with van der Waals surface area (Å²) >= 11 is 0. The topological polar surface area (TPSA) is 20.3 Å². The Morgan fingerprint density at radius 1 is 1.31 bits per heavy atom. The molecule has 0 saturated carbocycles. The van der Waals surface area contributed by atoms with Crippen LogP contribution in [0.25, 0.3) is 6.08 Å². The molecule has 16 heavy (non-hydrogen) atoms. The fraction of sp³-hybridized carbons (Fsp3) is 0.357. The Bertz CT molecular complexity index is 380. The molecule has 0 atom stereocenters. The second-order valence-corrected chi connectivity index (χ2v) is 4.18. The van der Waals surface area contributed by atoms with E-state index in [1.807, 2.05) is 11.0 Å². The molecule has 1 fully saturated rings. The van der Waals surface area contributed by atoms with E-state index in [4.69, 9.17) is 0 Å². The molecule has 1 aliphatic heterocycles. The van der Waals surface area contributed by atoms with Gasteiger partial charge >= 0.3 is 0 Å². The van der Waals surface area contributed by atoms with Crippen molar-refractivity contribution in [3.63, 3.8) is 0 Å². The molecule has 1 saturated heterocycles. The molecule has 1 aromatic carbocycles. The van der Waals surface area contributed by atoms with Crippen LogP contribution in [0.1, 0.15) is 24.0 Å². The van der Waals surface area contributed by atoms with Crippen molar-refractivity contribution in [1.82, 2.24) is 4.90 Å². The number of amides is 1. The van der Waals surface area contributed by atoms with E-state index in [0.717, 1.165) is 37.9 Å². The molecule has 84 valence electrons. The Morgan fingerprint density at radius 3 is 2.62 bits per heavy atom. The van der Waals surface area contributed by atoms with Crippen LogP contribution in [0.3, 0.4) is 0 Å². The van der Waals surface area contributed by atoms with Crippen molar-refractivity contribution in [3.05, 3.63) is 42.0 Å². The van der Waals surface area contributed by atoms with Gasteiger partial charge in [-0.05, 0) is 24.0 Å². The largest absolute Gasteiger partial charge is 0.342 e. The molecule has 2 nitrogen and oxygen atoms in total. The van der Waals surface area contributed by atoms with Gasteiger partial charge in [-0.25, -0.2) is 0 Å². The highest BCUT2D eigenvalue weighted by Gasteiger charge is 2.19. The van der Waals surface area contributed by atoms with Gasteiger partial charge in [0.1, 0.15) is 0 Å². The molecule has 0 bridgehead atoms. The summed E-state index contributed by atoms with van der Waals surface area (Å²) < 4.78 is 0. The highest BCUT2D eigenvalue weighted by atomic mass is 16.2. The summed E-state index contributed by atoms with van der Waals surface area (Å²) in [5.41, 5.74) is 2.42. The monoisotopic (exact) mass is 215 g/mol. The van der Waals surface area contributed by atoms with Crippen LogP contribution in [-0.4, -0.2) is 23.9 Å².